The fourth-order valence-corrected chi connectivity index (χ4v) is 3.13. The van der Waals surface area contributed by atoms with E-state index >= 15 is 0 Å². The molecule has 0 spiro atoms. The van der Waals surface area contributed by atoms with Crippen molar-refractivity contribution in [2.75, 3.05) is 0 Å². The van der Waals surface area contributed by atoms with Crippen molar-refractivity contribution in [3.8, 4) is 0 Å². The predicted molar refractivity (Wildman–Crippen MR) is 92.5 cm³/mol. The third-order valence-corrected chi connectivity index (χ3v) is 4.36. The molecule has 2 heterocycles. The quantitative estimate of drug-likeness (QED) is 0.585. The minimum atomic E-state index is -0.277. The van der Waals surface area contributed by atoms with Crippen molar-refractivity contribution in [1.82, 2.24) is 15.3 Å². The summed E-state index contributed by atoms with van der Waals surface area (Å²) in [4.78, 5) is 20.9. The van der Waals surface area contributed by atoms with Gasteiger partial charge in [0.2, 0.25) is 5.91 Å². The lowest BCUT2D eigenvalue weighted by molar-refractivity contribution is -0.121. The Bertz CT molecular complexity index is 867. The van der Waals surface area contributed by atoms with Crippen LogP contribution in [-0.2, 0) is 4.79 Å². The van der Waals surface area contributed by atoms with Crippen LogP contribution < -0.4 is 5.32 Å². The van der Waals surface area contributed by atoms with Gasteiger partial charge in [0.25, 0.3) is 0 Å². The highest BCUT2D eigenvalue weighted by molar-refractivity contribution is 8.00. The number of hydrogen-bond acceptors (Lipinski definition) is 5. The first-order chi connectivity index (χ1) is 10.8. The lowest BCUT2D eigenvalue weighted by atomic mass is 10.1. The Balaban J connectivity index is 1.93. The molecule has 120 valence electrons. The summed E-state index contributed by atoms with van der Waals surface area (Å²) in [6, 6.07) is 7.75. The van der Waals surface area contributed by atoms with Gasteiger partial charge in [-0.25, -0.2) is 9.97 Å². The Labute approximate surface area is 138 Å². The summed E-state index contributed by atoms with van der Waals surface area (Å²) in [5.74, 6) is -0.0228. The van der Waals surface area contributed by atoms with Crippen molar-refractivity contribution < 1.29 is 9.21 Å². The van der Waals surface area contributed by atoms with E-state index in [2.05, 4.69) is 15.3 Å². The second kappa shape index (κ2) is 5.85. The Kier molecular flexibility index (Phi) is 4.02. The molecule has 23 heavy (non-hydrogen) atoms. The third kappa shape index (κ3) is 3.32. The van der Waals surface area contributed by atoms with Crippen LogP contribution in [0.2, 0.25) is 0 Å². The van der Waals surface area contributed by atoms with Crippen LogP contribution in [0, 0.1) is 0 Å². The molecule has 0 bridgehead atoms. The first-order valence-corrected chi connectivity index (χ1v) is 8.34. The van der Waals surface area contributed by atoms with Gasteiger partial charge in [0, 0.05) is 10.9 Å². The number of aromatic nitrogens is 2. The van der Waals surface area contributed by atoms with Crippen LogP contribution in [-0.4, -0.2) is 26.7 Å². The van der Waals surface area contributed by atoms with Crippen molar-refractivity contribution in [1.29, 1.82) is 0 Å². The van der Waals surface area contributed by atoms with E-state index < -0.39 is 0 Å². The van der Waals surface area contributed by atoms with E-state index in [0.29, 0.717) is 10.6 Å². The first-order valence-electron chi connectivity index (χ1n) is 7.46. The minimum Gasteiger partial charge on any atom is -0.451 e. The Morgan fingerprint density at radius 1 is 1.26 bits per heavy atom. The van der Waals surface area contributed by atoms with Gasteiger partial charge in [-0.15, -0.1) is 0 Å². The topological polar surface area (TPSA) is 68.0 Å². The van der Waals surface area contributed by atoms with Crippen molar-refractivity contribution in [2.24, 2.45) is 0 Å². The number of carbonyl (C=O) groups excluding carboxylic acids is 1. The molecule has 0 aliphatic carbocycles. The normalized spacial score (nSPS) is 13.4. The fraction of sp³-hybridized carbons (Fsp3) is 0.353. The number of nitrogens with one attached hydrogen (secondary N) is 1. The van der Waals surface area contributed by atoms with Crippen LogP contribution in [0.15, 0.2) is 40.0 Å². The van der Waals surface area contributed by atoms with E-state index in [1.165, 1.54) is 18.1 Å². The molecule has 3 rings (SSSR count). The molecule has 0 aliphatic heterocycles. The third-order valence-electron chi connectivity index (χ3n) is 3.28. The molecular formula is C17H19N3O2S. The van der Waals surface area contributed by atoms with Gasteiger partial charge in [-0.05, 0) is 39.8 Å². The van der Waals surface area contributed by atoms with Gasteiger partial charge < -0.3 is 9.73 Å². The standard InChI is InChI=1S/C17H19N3O2S/c1-10(15(21)20-17(2,3)4)23-16-14-13(18-9-19-16)11-7-5-6-8-12(11)22-14/h5-10H,1-4H3,(H,20,21)/t10-/m1/s1. The number of amides is 1. The summed E-state index contributed by atoms with van der Waals surface area (Å²) in [7, 11) is 0. The van der Waals surface area contributed by atoms with Crippen LogP contribution in [0.1, 0.15) is 27.7 Å². The predicted octanol–water partition coefficient (Wildman–Crippen LogP) is 3.77. The van der Waals surface area contributed by atoms with E-state index in [1.54, 1.807) is 0 Å². The van der Waals surface area contributed by atoms with Gasteiger partial charge in [0.15, 0.2) is 5.58 Å². The molecule has 1 atom stereocenters. The van der Waals surface area contributed by atoms with Crippen LogP contribution in [0.5, 0.6) is 0 Å². The summed E-state index contributed by atoms with van der Waals surface area (Å²) in [5.41, 5.74) is 1.93. The number of benzene rings is 1. The smallest absolute Gasteiger partial charge is 0.233 e. The molecule has 1 amide bonds. The van der Waals surface area contributed by atoms with E-state index in [4.69, 9.17) is 4.42 Å². The molecule has 2 aromatic heterocycles. The second-order valence-electron chi connectivity index (χ2n) is 6.45. The molecular weight excluding hydrogens is 310 g/mol. The number of rotatable bonds is 3. The van der Waals surface area contributed by atoms with E-state index in [1.807, 2.05) is 52.0 Å². The van der Waals surface area contributed by atoms with Gasteiger partial charge in [0.1, 0.15) is 22.5 Å². The van der Waals surface area contributed by atoms with Gasteiger partial charge in [-0.3, -0.25) is 4.79 Å². The van der Waals surface area contributed by atoms with Crippen molar-refractivity contribution in [3.05, 3.63) is 30.6 Å². The molecule has 0 unspecified atom stereocenters. The molecule has 3 aromatic rings. The molecule has 0 aliphatic rings. The highest BCUT2D eigenvalue weighted by Gasteiger charge is 2.22. The van der Waals surface area contributed by atoms with Crippen LogP contribution in [0.4, 0.5) is 0 Å². The van der Waals surface area contributed by atoms with Crippen molar-refractivity contribution in [3.63, 3.8) is 0 Å². The highest BCUT2D eigenvalue weighted by Crippen LogP contribution is 2.34. The number of furan rings is 1. The van der Waals surface area contributed by atoms with Gasteiger partial charge in [-0.2, -0.15) is 0 Å². The molecule has 0 fully saturated rings. The zero-order chi connectivity index (χ0) is 16.6. The Morgan fingerprint density at radius 3 is 2.74 bits per heavy atom. The molecule has 0 saturated carbocycles. The largest absolute Gasteiger partial charge is 0.451 e. The minimum absolute atomic E-state index is 0.0228. The maximum Gasteiger partial charge on any atom is 0.233 e. The number of hydrogen-bond donors (Lipinski definition) is 1. The molecule has 1 aromatic carbocycles. The van der Waals surface area contributed by atoms with Gasteiger partial charge in [0.05, 0.1) is 5.25 Å². The maximum absolute atomic E-state index is 12.3. The Hall–Kier alpha value is -2.08. The second-order valence-corrected chi connectivity index (χ2v) is 7.78. The number of fused-ring (bicyclic) bond motifs is 3. The summed E-state index contributed by atoms with van der Waals surface area (Å²) in [5, 5.41) is 4.34. The average molecular weight is 329 g/mol. The lowest BCUT2D eigenvalue weighted by Gasteiger charge is -2.22. The monoisotopic (exact) mass is 329 g/mol. The molecule has 0 radical (unpaired) electrons. The molecule has 0 saturated heterocycles. The fourth-order valence-electron chi connectivity index (χ4n) is 2.28. The summed E-state index contributed by atoms with van der Waals surface area (Å²) >= 11 is 1.38. The van der Waals surface area contributed by atoms with Crippen molar-refractivity contribution >= 4 is 39.7 Å². The molecule has 5 nitrogen and oxygen atoms in total. The summed E-state index contributed by atoms with van der Waals surface area (Å²) in [6.07, 6.45) is 1.51. The number of thioether (sulfide) groups is 1. The van der Waals surface area contributed by atoms with E-state index in [9.17, 15) is 4.79 Å². The van der Waals surface area contributed by atoms with Crippen molar-refractivity contribution in [2.45, 2.75) is 43.5 Å². The number of nitrogens with zero attached hydrogens (tertiary/aromatic N) is 2. The van der Waals surface area contributed by atoms with Crippen LogP contribution >= 0.6 is 11.8 Å². The van der Waals surface area contributed by atoms with E-state index in [-0.39, 0.29) is 16.7 Å². The van der Waals surface area contributed by atoms with Gasteiger partial charge >= 0.3 is 0 Å². The summed E-state index contributed by atoms with van der Waals surface area (Å²) in [6.45, 7) is 7.75. The highest BCUT2D eigenvalue weighted by atomic mass is 32.2. The SMILES string of the molecule is C[C@@H](Sc1ncnc2c1oc1ccccc12)C(=O)NC(C)(C)C. The van der Waals surface area contributed by atoms with Crippen LogP contribution in [0.25, 0.3) is 22.1 Å². The number of carbonyl (C=O) groups is 1. The zero-order valence-corrected chi connectivity index (χ0v) is 14.4. The molecule has 6 heteroatoms. The number of para-hydroxylation sites is 1. The van der Waals surface area contributed by atoms with Gasteiger partial charge in [-0.1, -0.05) is 23.9 Å². The lowest BCUT2D eigenvalue weighted by Crippen LogP contribution is -2.44. The maximum atomic E-state index is 12.3. The van der Waals surface area contributed by atoms with Crippen LogP contribution in [0.3, 0.4) is 0 Å². The molecule has 1 N–H and O–H groups in total. The van der Waals surface area contributed by atoms with E-state index in [0.717, 1.165) is 16.5 Å². The zero-order valence-electron chi connectivity index (χ0n) is 13.6. The Morgan fingerprint density at radius 2 is 2.00 bits per heavy atom. The summed E-state index contributed by atoms with van der Waals surface area (Å²) < 4.78 is 5.89. The first kappa shape index (κ1) is 15.8. The average Bonchev–Trinajstić information content (AvgIpc) is 2.85.